The third-order valence-corrected chi connectivity index (χ3v) is 3.17. The minimum absolute atomic E-state index is 0.405. The van der Waals surface area contributed by atoms with E-state index in [-0.39, 0.29) is 0 Å². The van der Waals surface area contributed by atoms with E-state index in [1.165, 1.54) is 7.11 Å². The second-order valence-corrected chi connectivity index (χ2v) is 4.52. The van der Waals surface area contributed by atoms with Crippen LogP contribution in [0.3, 0.4) is 0 Å². The van der Waals surface area contributed by atoms with E-state index in [4.69, 9.17) is 4.74 Å². The van der Waals surface area contributed by atoms with E-state index >= 15 is 0 Å². The molecule has 0 aliphatic carbocycles. The Morgan fingerprint density at radius 2 is 1.62 bits per heavy atom. The van der Waals surface area contributed by atoms with Crippen molar-refractivity contribution in [3.8, 4) is 16.9 Å². The molecule has 0 saturated heterocycles. The number of esters is 1. The zero-order chi connectivity index (χ0) is 14.7. The Hall–Kier alpha value is -2.88. The first-order chi connectivity index (χ1) is 10.3. The molecule has 0 radical (unpaired) electrons. The monoisotopic (exact) mass is 278 g/mol. The topological polar surface area (TPSA) is 44.1 Å². The van der Waals surface area contributed by atoms with E-state index in [1.807, 2.05) is 60.7 Å². The van der Waals surface area contributed by atoms with Crippen molar-refractivity contribution in [3.05, 3.63) is 72.4 Å². The van der Waals surface area contributed by atoms with Crippen LogP contribution in [-0.2, 0) is 4.74 Å². The van der Waals surface area contributed by atoms with Crippen molar-refractivity contribution in [1.82, 2.24) is 9.78 Å². The molecule has 21 heavy (non-hydrogen) atoms. The van der Waals surface area contributed by atoms with E-state index in [2.05, 4.69) is 5.10 Å². The van der Waals surface area contributed by atoms with Gasteiger partial charge in [0.1, 0.15) is 0 Å². The van der Waals surface area contributed by atoms with Crippen LogP contribution in [0.1, 0.15) is 10.5 Å². The Bertz CT molecular complexity index is 749. The Morgan fingerprint density at radius 3 is 2.24 bits per heavy atom. The number of benzene rings is 2. The lowest BCUT2D eigenvalue weighted by atomic mass is 10.1. The predicted octanol–water partition coefficient (Wildman–Crippen LogP) is 3.33. The number of ether oxygens (including phenoxy) is 1. The van der Waals surface area contributed by atoms with Crippen molar-refractivity contribution in [3.63, 3.8) is 0 Å². The molecule has 1 heterocycles. The Morgan fingerprint density at radius 1 is 1.00 bits per heavy atom. The number of rotatable bonds is 3. The average Bonchev–Trinajstić information content (AvgIpc) is 3.01. The maximum atomic E-state index is 12.0. The minimum Gasteiger partial charge on any atom is -0.464 e. The highest BCUT2D eigenvalue weighted by Gasteiger charge is 2.17. The average molecular weight is 278 g/mol. The number of nitrogens with zero attached hydrogens (tertiary/aromatic N) is 2. The smallest absolute Gasteiger partial charge is 0.356 e. The van der Waals surface area contributed by atoms with Gasteiger partial charge in [-0.15, -0.1) is 0 Å². The first-order valence-corrected chi connectivity index (χ1v) is 6.59. The van der Waals surface area contributed by atoms with Crippen molar-refractivity contribution in [1.29, 1.82) is 0 Å². The van der Waals surface area contributed by atoms with E-state index < -0.39 is 5.97 Å². The van der Waals surface area contributed by atoms with E-state index in [9.17, 15) is 4.79 Å². The van der Waals surface area contributed by atoms with Crippen LogP contribution >= 0.6 is 0 Å². The molecule has 1 aromatic heterocycles. The van der Waals surface area contributed by atoms with E-state index in [0.717, 1.165) is 16.9 Å². The zero-order valence-electron chi connectivity index (χ0n) is 11.6. The fourth-order valence-electron chi connectivity index (χ4n) is 2.15. The van der Waals surface area contributed by atoms with Crippen molar-refractivity contribution in [2.45, 2.75) is 0 Å². The summed E-state index contributed by atoms with van der Waals surface area (Å²) in [5, 5.41) is 4.54. The molecule has 2 aromatic carbocycles. The zero-order valence-corrected chi connectivity index (χ0v) is 11.6. The van der Waals surface area contributed by atoms with Crippen LogP contribution in [0.4, 0.5) is 0 Å². The lowest BCUT2D eigenvalue weighted by Crippen LogP contribution is -2.09. The number of para-hydroxylation sites is 1. The summed E-state index contributed by atoms with van der Waals surface area (Å²) >= 11 is 0. The van der Waals surface area contributed by atoms with Crippen LogP contribution in [0.25, 0.3) is 16.9 Å². The van der Waals surface area contributed by atoms with Crippen LogP contribution < -0.4 is 0 Å². The summed E-state index contributed by atoms with van der Waals surface area (Å²) in [5.41, 5.74) is 2.92. The highest BCUT2D eigenvalue weighted by Crippen LogP contribution is 2.21. The molecule has 0 amide bonds. The molecule has 0 fully saturated rings. The molecule has 0 aliphatic rings. The van der Waals surface area contributed by atoms with Crippen molar-refractivity contribution in [2.24, 2.45) is 0 Å². The quantitative estimate of drug-likeness (QED) is 0.690. The SMILES string of the molecule is COC(=O)c1cc(-c2ccccc2)nn1-c1ccccc1. The fraction of sp³-hybridized carbons (Fsp3) is 0.0588. The number of hydrogen-bond donors (Lipinski definition) is 0. The van der Waals surface area contributed by atoms with Gasteiger partial charge in [-0.25, -0.2) is 9.48 Å². The number of carbonyl (C=O) groups is 1. The molecular weight excluding hydrogens is 264 g/mol. The van der Waals surface area contributed by atoms with Gasteiger partial charge >= 0.3 is 5.97 Å². The standard InChI is InChI=1S/C17H14N2O2/c1-21-17(20)16-12-15(13-8-4-2-5-9-13)18-19(16)14-10-6-3-7-11-14/h2-12H,1H3. The van der Waals surface area contributed by atoms with Gasteiger partial charge < -0.3 is 4.74 Å². The van der Waals surface area contributed by atoms with Crippen LogP contribution in [0.5, 0.6) is 0 Å². The van der Waals surface area contributed by atoms with Gasteiger partial charge in [0.25, 0.3) is 0 Å². The van der Waals surface area contributed by atoms with E-state index in [1.54, 1.807) is 10.7 Å². The molecule has 3 rings (SSSR count). The van der Waals surface area contributed by atoms with Crippen molar-refractivity contribution >= 4 is 5.97 Å². The summed E-state index contributed by atoms with van der Waals surface area (Å²) < 4.78 is 6.45. The van der Waals surface area contributed by atoms with Gasteiger partial charge in [0.05, 0.1) is 18.5 Å². The second kappa shape index (κ2) is 5.63. The number of aromatic nitrogens is 2. The Labute approximate surface area is 122 Å². The Balaban J connectivity index is 2.14. The minimum atomic E-state index is -0.409. The third-order valence-electron chi connectivity index (χ3n) is 3.17. The maximum absolute atomic E-state index is 12.0. The summed E-state index contributed by atoms with van der Waals surface area (Å²) in [6.07, 6.45) is 0. The first kappa shape index (κ1) is 13.1. The summed E-state index contributed by atoms with van der Waals surface area (Å²) in [6, 6.07) is 21.0. The molecule has 0 unspecified atom stereocenters. The van der Waals surface area contributed by atoms with Gasteiger partial charge in [0.15, 0.2) is 5.69 Å². The highest BCUT2D eigenvalue weighted by molar-refractivity contribution is 5.89. The van der Waals surface area contributed by atoms with Gasteiger partial charge in [-0.05, 0) is 18.2 Å². The highest BCUT2D eigenvalue weighted by atomic mass is 16.5. The molecule has 3 aromatic rings. The molecule has 0 saturated carbocycles. The second-order valence-electron chi connectivity index (χ2n) is 4.52. The molecule has 0 bridgehead atoms. The normalized spacial score (nSPS) is 10.3. The van der Waals surface area contributed by atoms with Crippen LogP contribution in [-0.4, -0.2) is 22.9 Å². The van der Waals surface area contributed by atoms with Gasteiger partial charge in [-0.3, -0.25) is 0 Å². The largest absolute Gasteiger partial charge is 0.464 e. The summed E-state index contributed by atoms with van der Waals surface area (Å²) in [4.78, 5) is 12.0. The molecule has 0 atom stereocenters. The molecule has 4 heteroatoms. The summed E-state index contributed by atoms with van der Waals surface area (Å²) in [7, 11) is 1.37. The Kier molecular flexibility index (Phi) is 3.51. The molecule has 0 aliphatic heterocycles. The summed E-state index contributed by atoms with van der Waals surface area (Å²) in [6.45, 7) is 0. The lowest BCUT2D eigenvalue weighted by molar-refractivity contribution is 0.0590. The van der Waals surface area contributed by atoms with Crippen molar-refractivity contribution in [2.75, 3.05) is 7.11 Å². The van der Waals surface area contributed by atoms with Gasteiger partial charge in [-0.1, -0.05) is 48.5 Å². The maximum Gasteiger partial charge on any atom is 0.356 e. The molecular formula is C17H14N2O2. The van der Waals surface area contributed by atoms with E-state index in [0.29, 0.717) is 5.69 Å². The third kappa shape index (κ3) is 2.56. The number of methoxy groups -OCH3 is 1. The fourth-order valence-corrected chi connectivity index (χ4v) is 2.15. The van der Waals surface area contributed by atoms with Gasteiger partial charge in [0, 0.05) is 5.56 Å². The first-order valence-electron chi connectivity index (χ1n) is 6.59. The van der Waals surface area contributed by atoms with Crippen molar-refractivity contribution < 1.29 is 9.53 Å². The molecule has 4 nitrogen and oxygen atoms in total. The lowest BCUT2D eigenvalue weighted by Gasteiger charge is -2.05. The number of hydrogen-bond acceptors (Lipinski definition) is 3. The predicted molar refractivity (Wildman–Crippen MR) is 80.3 cm³/mol. The van der Waals surface area contributed by atoms with Gasteiger partial charge in [0.2, 0.25) is 0 Å². The van der Waals surface area contributed by atoms with Crippen LogP contribution in [0, 0.1) is 0 Å². The molecule has 0 spiro atoms. The molecule has 104 valence electrons. The van der Waals surface area contributed by atoms with Crippen LogP contribution in [0.15, 0.2) is 66.7 Å². The summed E-state index contributed by atoms with van der Waals surface area (Å²) in [5.74, 6) is -0.409. The number of carbonyl (C=O) groups excluding carboxylic acids is 1. The molecule has 0 N–H and O–H groups in total. The van der Waals surface area contributed by atoms with Crippen LogP contribution in [0.2, 0.25) is 0 Å². The van der Waals surface area contributed by atoms with Gasteiger partial charge in [-0.2, -0.15) is 5.10 Å².